The summed E-state index contributed by atoms with van der Waals surface area (Å²) in [5.74, 6) is 0. The Morgan fingerprint density at radius 1 is 0.933 bits per heavy atom. The third-order valence-corrected chi connectivity index (χ3v) is 11.2. The lowest BCUT2D eigenvalue weighted by Crippen LogP contribution is -2.49. The van der Waals surface area contributed by atoms with Crippen LogP contribution in [0, 0.1) is 5.41 Å². The number of ether oxygens (including phenoxy) is 1. The van der Waals surface area contributed by atoms with Gasteiger partial charge >= 0.3 is 6.09 Å². The fourth-order valence-electron chi connectivity index (χ4n) is 6.47. The molecule has 2 aliphatic rings. The summed E-state index contributed by atoms with van der Waals surface area (Å²) in [4.78, 5) is 25.4. The normalized spacial score (nSPS) is 17.6. The molecule has 2 aromatic heterocycles. The van der Waals surface area contributed by atoms with Crippen LogP contribution in [0.25, 0.3) is 22.3 Å². The monoisotopic (exact) mass is 649 g/mol. The molecule has 0 aliphatic carbocycles. The number of nitrogens with zero attached hydrogens (tertiary/aromatic N) is 5. The molecule has 238 valence electrons. The fourth-order valence-corrected chi connectivity index (χ4v) is 8.16. The molecule has 0 N–H and O–H groups in total. The molecule has 4 heterocycles. The van der Waals surface area contributed by atoms with Crippen molar-refractivity contribution in [1.82, 2.24) is 23.7 Å². The number of hydrogen-bond donors (Lipinski definition) is 0. The average Bonchev–Trinajstić information content (AvgIpc) is 3.43. The quantitative estimate of drug-likeness (QED) is 0.216. The van der Waals surface area contributed by atoms with Crippen molar-refractivity contribution in [2.45, 2.75) is 63.4 Å². The highest BCUT2D eigenvalue weighted by atomic mass is 35.5. The number of benzene rings is 2. The summed E-state index contributed by atoms with van der Waals surface area (Å²) < 4.78 is 34.4. The second-order valence-corrected chi connectivity index (χ2v) is 15.4. The summed E-state index contributed by atoms with van der Waals surface area (Å²) in [6.07, 6.45) is 6.37. The molecular weight excluding hydrogens is 610 g/mol. The van der Waals surface area contributed by atoms with E-state index in [0.717, 1.165) is 70.4 Å². The molecule has 0 saturated carbocycles. The van der Waals surface area contributed by atoms with E-state index < -0.39 is 15.6 Å². The van der Waals surface area contributed by atoms with Crippen LogP contribution in [0.1, 0.15) is 52.0 Å². The molecule has 4 aromatic rings. The summed E-state index contributed by atoms with van der Waals surface area (Å²) >= 11 is 6.37. The zero-order valence-corrected chi connectivity index (χ0v) is 27.6. The molecule has 9 nitrogen and oxygen atoms in total. The number of fused-ring (bicyclic) bond motifs is 1. The lowest BCUT2D eigenvalue weighted by Gasteiger charge is -2.46. The van der Waals surface area contributed by atoms with Crippen LogP contribution >= 0.6 is 11.6 Å². The van der Waals surface area contributed by atoms with E-state index in [1.807, 2.05) is 37.8 Å². The number of rotatable bonds is 6. The van der Waals surface area contributed by atoms with Gasteiger partial charge in [0.2, 0.25) is 0 Å². The molecule has 0 atom stereocenters. The number of likely N-dealkylation sites (tertiary alicyclic amines) is 2. The maximum atomic E-state index is 13.8. The maximum Gasteiger partial charge on any atom is 0.410 e. The largest absolute Gasteiger partial charge is 0.444 e. The first-order valence-corrected chi connectivity index (χ1v) is 17.4. The lowest BCUT2D eigenvalue weighted by atomic mass is 9.71. The average molecular weight is 650 g/mol. The Morgan fingerprint density at radius 3 is 2.22 bits per heavy atom. The second kappa shape index (κ2) is 12.4. The molecule has 11 heteroatoms. The van der Waals surface area contributed by atoms with Crippen molar-refractivity contribution < 1.29 is 17.9 Å². The van der Waals surface area contributed by atoms with Gasteiger partial charge in [-0.25, -0.2) is 27.2 Å². The Labute approximate surface area is 270 Å². The van der Waals surface area contributed by atoms with E-state index in [0.29, 0.717) is 16.5 Å². The van der Waals surface area contributed by atoms with Crippen molar-refractivity contribution in [2.24, 2.45) is 5.41 Å². The molecule has 1 spiro atoms. The van der Waals surface area contributed by atoms with E-state index in [4.69, 9.17) is 16.3 Å². The number of hydrogen-bond acceptors (Lipinski definition) is 7. The minimum Gasteiger partial charge on any atom is -0.444 e. The molecule has 1 amide bonds. The first-order valence-electron chi connectivity index (χ1n) is 15.6. The van der Waals surface area contributed by atoms with Crippen molar-refractivity contribution >= 4 is 38.8 Å². The Hall–Kier alpha value is -3.47. The van der Waals surface area contributed by atoms with Gasteiger partial charge in [0.15, 0.2) is 5.65 Å². The smallest absolute Gasteiger partial charge is 0.410 e. The summed E-state index contributed by atoms with van der Waals surface area (Å²) in [6.45, 7) is 10.3. The number of carbonyl (C=O) groups excluding carboxylic acids is 1. The van der Waals surface area contributed by atoms with Gasteiger partial charge in [-0.3, -0.25) is 0 Å². The summed E-state index contributed by atoms with van der Waals surface area (Å²) in [6, 6.07) is 18.1. The van der Waals surface area contributed by atoms with Crippen LogP contribution in [0.15, 0.2) is 71.9 Å². The van der Waals surface area contributed by atoms with Crippen molar-refractivity contribution in [3.05, 3.63) is 77.7 Å². The number of carbonyl (C=O) groups is 1. The van der Waals surface area contributed by atoms with E-state index in [1.165, 1.54) is 15.9 Å². The molecule has 2 fully saturated rings. The Bertz CT molecular complexity index is 1770. The van der Waals surface area contributed by atoms with Gasteiger partial charge in [-0.1, -0.05) is 54.1 Å². The van der Waals surface area contributed by atoms with E-state index in [2.05, 4.69) is 27.0 Å². The molecule has 6 rings (SSSR count). The van der Waals surface area contributed by atoms with Gasteiger partial charge < -0.3 is 14.5 Å². The predicted molar refractivity (Wildman–Crippen MR) is 176 cm³/mol. The SMILES string of the molecule is CC(C)(C)OC(=O)N1CCC2(CCN(CCc3ccc(-c4cc5c(Cl)ncnc5n4S(=O)(=O)c4ccccc4)cc3)CC2)CC1. The highest BCUT2D eigenvalue weighted by Crippen LogP contribution is 2.41. The zero-order valence-electron chi connectivity index (χ0n) is 26.1. The zero-order chi connectivity index (χ0) is 31.8. The number of halogens is 1. The summed E-state index contributed by atoms with van der Waals surface area (Å²) in [7, 11) is -3.94. The molecule has 2 aromatic carbocycles. The molecule has 2 saturated heterocycles. The third-order valence-electron chi connectivity index (χ3n) is 9.15. The Balaban J connectivity index is 1.10. The first kappa shape index (κ1) is 31.5. The van der Waals surface area contributed by atoms with Crippen LogP contribution in [0.2, 0.25) is 5.15 Å². The van der Waals surface area contributed by atoms with Gasteiger partial charge in [-0.2, -0.15) is 0 Å². The number of amides is 1. The van der Waals surface area contributed by atoms with Gasteiger partial charge in [0.1, 0.15) is 17.1 Å². The van der Waals surface area contributed by atoms with Gasteiger partial charge in [-0.15, -0.1) is 0 Å². The van der Waals surface area contributed by atoms with Crippen molar-refractivity contribution in [3.63, 3.8) is 0 Å². The van der Waals surface area contributed by atoms with Crippen LogP contribution < -0.4 is 0 Å². The lowest BCUT2D eigenvalue weighted by molar-refractivity contribution is -0.00227. The minimum absolute atomic E-state index is 0.173. The van der Waals surface area contributed by atoms with Crippen molar-refractivity contribution in [1.29, 1.82) is 0 Å². The van der Waals surface area contributed by atoms with Gasteiger partial charge in [0, 0.05) is 19.6 Å². The molecular formula is C34H40ClN5O4S. The van der Waals surface area contributed by atoms with Crippen LogP contribution in [0.3, 0.4) is 0 Å². The predicted octanol–water partition coefficient (Wildman–Crippen LogP) is 6.64. The van der Waals surface area contributed by atoms with Crippen LogP contribution in [0.4, 0.5) is 4.79 Å². The van der Waals surface area contributed by atoms with Crippen molar-refractivity contribution in [3.8, 4) is 11.3 Å². The fraction of sp³-hybridized carbons (Fsp3) is 0.441. The van der Waals surface area contributed by atoms with Crippen LogP contribution in [0.5, 0.6) is 0 Å². The molecule has 0 unspecified atom stereocenters. The van der Waals surface area contributed by atoms with Gasteiger partial charge in [0.05, 0.1) is 16.0 Å². The maximum absolute atomic E-state index is 13.8. The third kappa shape index (κ3) is 6.73. The molecule has 45 heavy (non-hydrogen) atoms. The van der Waals surface area contributed by atoms with E-state index in [-0.39, 0.29) is 21.8 Å². The summed E-state index contributed by atoms with van der Waals surface area (Å²) in [5.41, 5.74) is 2.53. The number of aromatic nitrogens is 3. The topological polar surface area (TPSA) is 97.6 Å². The van der Waals surface area contributed by atoms with E-state index >= 15 is 0 Å². The van der Waals surface area contributed by atoms with Gasteiger partial charge in [0.25, 0.3) is 10.0 Å². The number of piperidine rings is 2. The standard InChI is InChI=1S/C34H40ClN5O4S/c1-33(2,3)44-32(41)39-21-16-34(17-22-39)14-19-38(20-15-34)18-13-25-9-11-26(12-10-25)29-23-28-30(35)36-24-37-31(28)40(29)45(42,43)27-7-5-4-6-8-27/h4-12,23-24H,13-22H2,1-3H3. The second-order valence-electron chi connectivity index (χ2n) is 13.3. The summed E-state index contributed by atoms with van der Waals surface area (Å²) in [5, 5.41) is 0.688. The molecule has 0 bridgehead atoms. The molecule has 0 radical (unpaired) electrons. The van der Waals surface area contributed by atoms with Crippen molar-refractivity contribution in [2.75, 3.05) is 32.7 Å². The van der Waals surface area contributed by atoms with E-state index in [9.17, 15) is 13.2 Å². The molecule has 2 aliphatic heterocycles. The van der Waals surface area contributed by atoms with Gasteiger partial charge in [-0.05, 0) is 101 Å². The van der Waals surface area contributed by atoms with E-state index in [1.54, 1.807) is 36.4 Å². The first-order chi connectivity index (χ1) is 21.4. The highest BCUT2D eigenvalue weighted by Gasteiger charge is 2.39. The Morgan fingerprint density at radius 2 is 1.58 bits per heavy atom. The van der Waals surface area contributed by atoms with Crippen LogP contribution in [-0.4, -0.2) is 76.6 Å². The Kier molecular flexibility index (Phi) is 8.67. The minimum atomic E-state index is -3.94. The van der Waals surface area contributed by atoms with Crippen LogP contribution in [-0.2, 0) is 21.2 Å². The highest BCUT2D eigenvalue weighted by molar-refractivity contribution is 7.90.